The van der Waals surface area contributed by atoms with E-state index < -0.39 is 17.9 Å². The summed E-state index contributed by atoms with van der Waals surface area (Å²) in [5, 5.41) is 10.2. The predicted molar refractivity (Wildman–Crippen MR) is 79.0 cm³/mol. The molecule has 1 N–H and O–H groups in total. The highest BCUT2D eigenvalue weighted by molar-refractivity contribution is 6.30. The highest BCUT2D eigenvalue weighted by Crippen LogP contribution is 2.43. The molecule has 1 saturated carbocycles. The van der Waals surface area contributed by atoms with E-state index in [0.29, 0.717) is 24.3 Å². The molecule has 0 aromatic heterocycles. The molecule has 0 radical (unpaired) electrons. The molecule has 112 valence electrons. The predicted octanol–water partition coefficient (Wildman–Crippen LogP) is 3.26. The van der Waals surface area contributed by atoms with Crippen LogP contribution in [-0.2, 0) is 9.59 Å². The van der Waals surface area contributed by atoms with Crippen molar-refractivity contribution in [2.24, 2.45) is 5.92 Å². The Balaban J connectivity index is 2.05. The number of nitrogens with zero attached hydrogens (tertiary/aromatic N) is 1. The third kappa shape index (κ3) is 2.91. The number of hydrogen-bond acceptors (Lipinski definition) is 2. The largest absolute Gasteiger partial charge is 0.481 e. The van der Waals surface area contributed by atoms with Crippen LogP contribution in [0.5, 0.6) is 0 Å². The van der Waals surface area contributed by atoms with E-state index in [0.717, 1.165) is 18.4 Å². The number of hydrogen-bond donors (Lipinski definition) is 1. The maximum absolute atomic E-state index is 12.4. The van der Waals surface area contributed by atoms with Crippen LogP contribution in [0.25, 0.3) is 0 Å². The first-order valence-electron chi connectivity index (χ1n) is 7.37. The summed E-state index contributed by atoms with van der Waals surface area (Å²) in [6.45, 7) is 0. The summed E-state index contributed by atoms with van der Waals surface area (Å²) in [5.41, 5.74) is 0.831. The first-order valence-corrected chi connectivity index (χ1v) is 7.75. The van der Waals surface area contributed by atoms with Gasteiger partial charge in [-0.2, -0.15) is 0 Å². The number of rotatable bonds is 3. The fourth-order valence-electron chi connectivity index (χ4n) is 3.23. The van der Waals surface area contributed by atoms with Gasteiger partial charge in [-0.1, -0.05) is 23.7 Å². The highest BCUT2D eigenvalue weighted by Gasteiger charge is 2.44. The van der Waals surface area contributed by atoms with Gasteiger partial charge in [0.1, 0.15) is 0 Å². The minimum Gasteiger partial charge on any atom is -0.481 e. The number of halogens is 1. The molecule has 2 atom stereocenters. The van der Waals surface area contributed by atoms with E-state index in [1.54, 1.807) is 12.1 Å². The third-order valence-electron chi connectivity index (χ3n) is 4.32. The molecule has 3 rings (SSSR count). The molecule has 21 heavy (non-hydrogen) atoms. The number of benzene rings is 1. The number of aliphatic carboxylic acids is 1. The lowest BCUT2D eigenvalue weighted by molar-refractivity contribution is -0.146. The third-order valence-corrected chi connectivity index (χ3v) is 4.56. The summed E-state index contributed by atoms with van der Waals surface area (Å²) < 4.78 is 0. The van der Waals surface area contributed by atoms with Crippen molar-refractivity contribution in [1.82, 2.24) is 4.90 Å². The molecule has 2 unspecified atom stereocenters. The quantitative estimate of drug-likeness (QED) is 0.932. The molecule has 1 aromatic carbocycles. The van der Waals surface area contributed by atoms with E-state index in [4.69, 9.17) is 11.6 Å². The summed E-state index contributed by atoms with van der Waals surface area (Å²) in [6, 6.07) is 7.04. The van der Waals surface area contributed by atoms with Crippen LogP contribution in [0.1, 0.15) is 43.7 Å². The SMILES string of the molecule is O=C(O)C1CCCC(=O)N(C2CC2)C1c1cccc(Cl)c1. The summed E-state index contributed by atoms with van der Waals surface area (Å²) in [4.78, 5) is 25.9. The molecule has 1 saturated heterocycles. The topological polar surface area (TPSA) is 57.6 Å². The maximum Gasteiger partial charge on any atom is 0.308 e. The Kier molecular flexibility index (Phi) is 3.89. The molecule has 5 heteroatoms. The standard InChI is InChI=1S/C16H18ClNO3/c17-11-4-1-3-10(9-11)15-13(16(20)21)5-2-6-14(19)18(15)12-7-8-12/h1,3-4,9,12-13,15H,2,5-8H2,(H,20,21). The Bertz CT molecular complexity index is 570. The molecule has 1 heterocycles. The molecule has 1 aliphatic heterocycles. The zero-order valence-corrected chi connectivity index (χ0v) is 12.4. The van der Waals surface area contributed by atoms with Crippen molar-refractivity contribution < 1.29 is 14.7 Å². The second-order valence-corrected chi connectivity index (χ2v) is 6.31. The number of carbonyl (C=O) groups is 2. The Labute approximate surface area is 128 Å². The Morgan fingerprint density at radius 2 is 2.05 bits per heavy atom. The van der Waals surface area contributed by atoms with Gasteiger partial charge in [-0.25, -0.2) is 0 Å². The van der Waals surface area contributed by atoms with Gasteiger partial charge in [0.15, 0.2) is 0 Å². The van der Waals surface area contributed by atoms with E-state index >= 15 is 0 Å². The lowest BCUT2D eigenvalue weighted by Gasteiger charge is -2.34. The number of carboxylic acid groups (broad SMARTS) is 1. The van der Waals surface area contributed by atoms with Gasteiger partial charge in [-0.05, 0) is 43.4 Å². The van der Waals surface area contributed by atoms with E-state index in [1.807, 2.05) is 17.0 Å². The first-order chi connectivity index (χ1) is 10.1. The number of carboxylic acids is 1. The van der Waals surface area contributed by atoms with E-state index in [-0.39, 0.29) is 11.9 Å². The summed E-state index contributed by atoms with van der Waals surface area (Å²) in [6.07, 6.45) is 3.54. The minimum atomic E-state index is -0.833. The van der Waals surface area contributed by atoms with Crippen LogP contribution < -0.4 is 0 Å². The normalized spacial score (nSPS) is 26.5. The van der Waals surface area contributed by atoms with Gasteiger partial charge in [-0.15, -0.1) is 0 Å². The second kappa shape index (κ2) is 5.68. The van der Waals surface area contributed by atoms with Crippen LogP contribution in [0.4, 0.5) is 0 Å². The summed E-state index contributed by atoms with van der Waals surface area (Å²) in [5.74, 6) is -1.32. The first kappa shape index (κ1) is 14.4. The van der Waals surface area contributed by atoms with Crippen LogP contribution in [0.15, 0.2) is 24.3 Å². The number of likely N-dealkylation sites (tertiary alicyclic amines) is 1. The molecule has 0 spiro atoms. The Morgan fingerprint density at radius 1 is 1.29 bits per heavy atom. The van der Waals surface area contributed by atoms with E-state index in [1.165, 1.54) is 0 Å². The van der Waals surface area contributed by atoms with Crippen molar-refractivity contribution in [2.75, 3.05) is 0 Å². The van der Waals surface area contributed by atoms with Crippen molar-refractivity contribution in [3.05, 3.63) is 34.9 Å². The van der Waals surface area contributed by atoms with Crippen molar-refractivity contribution in [3.8, 4) is 0 Å². The van der Waals surface area contributed by atoms with E-state index in [9.17, 15) is 14.7 Å². The van der Waals surface area contributed by atoms with Gasteiger partial charge < -0.3 is 10.0 Å². The monoisotopic (exact) mass is 307 g/mol. The summed E-state index contributed by atoms with van der Waals surface area (Å²) in [7, 11) is 0. The van der Waals surface area contributed by atoms with Crippen molar-refractivity contribution in [2.45, 2.75) is 44.2 Å². The van der Waals surface area contributed by atoms with Gasteiger partial charge >= 0.3 is 5.97 Å². The van der Waals surface area contributed by atoms with Gasteiger partial charge in [0.2, 0.25) is 5.91 Å². The molecule has 4 nitrogen and oxygen atoms in total. The molecule has 2 aliphatic rings. The van der Waals surface area contributed by atoms with Crippen LogP contribution in [0, 0.1) is 5.92 Å². The van der Waals surface area contributed by atoms with Crippen LogP contribution in [0.2, 0.25) is 5.02 Å². The lowest BCUT2D eigenvalue weighted by atomic mass is 9.89. The van der Waals surface area contributed by atoms with Crippen LogP contribution in [0.3, 0.4) is 0 Å². The Hall–Kier alpha value is -1.55. The maximum atomic E-state index is 12.4. The summed E-state index contributed by atoms with van der Waals surface area (Å²) >= 11 is 6.06. The number of amides is 1. The van der Waals surface area contributed by atoms with Crippen molar-refractivity contribution in [3.63, 3.8) is 0 Å². The van der Waals surface area contributed by atoms with Crippen LogP contribution in [-0.4, -0.2) is 27.9 Å². The van der Waals surface area contributed by atoms with Gasteiger partial charge in [0.25, 0.3) is 0 Å². The van der Waals surface area contributed by atoms with Gasteiger partial charge in [-0.3, -0.25) is 9.59 Å². The van der Waals surface area contributed by atoms with Crippen molar-refractivity contribution >= 4 is 23.5 Å². The van der Waals surface area contributed by atoms with Crippen LogP contribution >= 0.6 is 11.6 Å². The molecular formula is C16H18ClNO3. The fourth-order valence-corrected chi connectivity index (χ4v) is 3.43. The molecule has 1 aliphatic carbocycles. The molecule has 1 amide bonds. The Morgan fingerprint density at radius 3 is 2.67 bits per heavy atom. The zero-order valence-electron chi connectivity index (χ0n) is 11.7. The molecule has 0 bridgehead atoms. The molecular weight excluding hydrogens is 290 g/mol. The van der Waals surface area contributed by atoms with Gasteiger partial charge in [0, 0.05) is 17.5 Å². The number of carbonyl (C=O) groups excluding carboxylic acids is 1. The smallest absolute Gasteiger partial charge is 0.308 e. The average Bonchev–Trinajstić information content (AvgIpc) is 3.24. The fraction of sp³-hybridized carbons (Fsp3) is 0.500. The lowest BCUT2D eigenvalue weighted by Crippen LogP contribution is -2.40. The van der Waals surface area contributed by atoms with Gasteiger partial charge in [0.05, 0.1) is 12.0 Å². The highest BCUT2D eigenvalue weighted by atomic mass is 35.5. The van der Waals surface area contributed by atoms with E-state index in [2.05, 4.69) is 0 Å². The van der Waals surface area contributed by atoms with Crippen molar-refractivity contribution in [1.29, 1.82) is 0 Å². The molecule has 2 fully saturated rings. The zero-order chi connectivity index (χ0) is 15.0. The second-order valence-electron chi connectivity index (χ2n) is 5.87. The minimum absolute atomic E-state index is 0.0752. The molecule has 1 aromatic rings. The average molecular weight is 308 g/mol.